The lowest BCUT2D eigenvalue weighted by molar-refractivity contribution is -0.119. The van der Waals surface area contributed by atoms with Crippen LogP contribution < -0.4 is 19.2 Å². The molecular weight excluding hydrogens is 458 g/mol. The van der Waals surface area contributed by atoms with Crippen LogP contribution in [0.5, 0.6) is 17.2 Å². The number of rotatable bonds is 9. The highest BCUT2D eigenvalue weighted by atomic mass is 32.2. The molecule has 10 heteroatoms. The Morgan fingerprint density at radius 1 is 1.06 bits per heavy atom. The molecule has 34 heavy (non-hydrogen) atoms. The number of hydrogen-bond acceptors (Lipinski definition) is 7. The average Bonchev–Trinajstić information content (AvgIpc) is 2.83. The van der Waals surface area contributed by atoms with Crippen molar-refractivity contribution < 1.29 is 27.8 Å². The van der Waals surface area contributed by atoms with E-state index in [9.17, 15) is 18.3 Å². The highest BCUT2D eigenvalue weighted by molar-refractivity contribution is 7.92. The second-order valence-electron chi connectivity index (χ2n) is 7.21. The van der Waals surface area contributed by atoms with E-state index in [1.165, 1.54) is 50.8 Å². The molecule has 0 aromatic heterocycles. The molecule has 1 amide bonds. The molecule has 3 aromatic carbocycles. The molecule has 3 aromatic rings. The molecule has 0 unspecified atom stereocenters. The first-order valence-corrected chi connectivity index (χ1v) is 11.6. The molecule has 0 fully saturated rings. The number of carbonyl (C=O) groups excluding carboxylic acids is 1. The van der Waals surface area contributed by atoms with Crippen molar-refractivity contribution >= 4 is 27.8 Å². The lowest BCUT2D eigenvalue weighted by Gasteiger charge is -2.25. The maximum Gasteiger partial charge on any atom is 0.264 e. The molecule has 2 N–H and O–H groups in total. The smallest absolute Gasteiger partial charge is 0.264 e. The van der Waals surface area contributed by atoms with Crippen LogP contribution in [0.25, 0.3) is 0 Å². The minimum Gasteiger partial charge on any atom is -0.507 e. The van der Waals surface area contributed by atoms with E-state index < -0.39 is 22.5 Å². The van der Waals surface area contributed by atoms with Gasteiger partial charge in [-0.15, -0.1) is 0 Å². The van der Waals surface area contributed by atoms with Gasteiger partial charge >= 0.3 is 0 Å². The van der Waals surface area contributed by atoms with Gasteiger partial charge in [-0.25, -0.2) is 13.8 Å². The fraction of sp³-hybridized carbons (Fsp3) is 0.167. The number of phenolic OH excluding ortho intramolecular Hbond substituents is 1. The minimum absolute atomic E-state index is 0.00737. The van der Waals surface area contributed by atoms with Crippen molar-refractivity contribution in [2.24, 2.45) is 5.10 Å². The van der Waals surface area contributed by atoms with Gasteiger partial charge in [0.05, 0.1) is 31.0 Å². The molecule has 0 radical (unpaired) electrons. The van der Waals surface area contributed by atoms with E-state index in [-0.39, 0.29) is 22.1 Å². The molecule has 0 bridgehead atoms. The Kier molecular flexibility index (Phi) is 7.75. The number of nitrogens with zero attached hydrogens (tertiary/aromatic N) is 2. The summed E-state index contributed by atoms with van der Waals surface area (Å²) in [5.74, 6) is -0.0298. The summed E-state index contributed by atoms with van der Waals surface area (Å²) >= 11 is 0. The summed E-state index contributed by atoms with van der Waals surface area (Å²) in [6.07, 6.45) is 1.26. The highest BCUT2D eigenvalue weighted by Crippen LogP contribution is 2.35. The number of benzene rings is 3. The van der Waals surface area contributed by atoms with E-state index in [2.05, 4.69) is 10.5 Å². The number of phenols is 1. The molecule has 178 valence electrons. The summed E-state index contributed by atoms with van der Waals surface area (Å²) < 4.78 is 38.6. The SMILES string of the molecule is COc1ccc(N(CC(=O)N/N=C\c2ccccc2O)S(=O)(=O)c2ccc(C)cc2)c(OC)c1. The highest BCUT2D eigenvalue weighted by Gasteiger charge is 2.29. The normalized spacial score (nSPS) is 11.3. The zero-order valence-electron chi connectivity index (χ0n) is 18.9. The summed E-state index contributed by atoms with van der Waals surface area (Å²) in [5.41, 5.74) is 3.74. The van der Waals surface area contributed by atoms with Gasteiger partial charge in [-0.1, -0.05) is 29.8 Å². The molecule has 9 nitrogen and oxygen atoms in total. The van der Waals surface area contributed by atoms with Gasteiger partial charge in [0.15, 0.2) is 0 Å². The number of para-hydroxylation sites is 1. The van der Waals surface area contributed by atoms with Gasteiger partial charge in [-0.3, -0.25) is 9.10 Å². The molecule has 0 saturated heterocycles. The summed E-state index contributed by atoms with van der Waals surface area (Å²) in [5, 5.41) is 13.6. The van der Waals surface area contributed by atoms with E-state index >= 15 is 0 Å². The van der Waals surface area contributed by atoms with E-state index in [1.807, 2.05) is 6.92 Å². The molecule has 0 aliphatic heterocycles. The summed E-state index contributed by atoms with van der Waals surface area (Å²) in [7, 11) is -1.27. The Hall–Kier alpha value is -4.05. The average molecular weight is 484 g/mol. The summed E-state index contributed by atoms with van der Waals surface area (Å²) in [6, 6.07) is 17.4. The van der Waals surface area contributed by atoms with Gasteiger partial charge in [0.2, 0.25) is 0 Å². The third-order valence-electron chi connectivity index (χ3n) is 4.88. The number of sulfonamides is 1. The van der Waals surface area contributed by atoms with Crippen molar-refractivity contribution in [3.63, 3.8) is 0 Å². The fourth-order valence-electron chi connectivity index (χ4n) is 3.06. The molecular formula is C24H25N3O6S. The predicted octanol–water partition coefficient (Wildman–Crippen LogP) is 3.06. The zero-order chi connectivity index (χ0) is 24.7. The molecule has 0 heterocycles. The van der Waals surface area contributed by atoms with Crippen molar-refractivity contribution in [2.45, 2.75) is 11.8 Å². The van der Waals surface area contributed by atoms with Crippen molar-refractivity contribution in [2.75, 3.05) is 25.1 Å². The Labute approximate surface area is 198 Å². The van der Waals surface area contributed by atoms with E-state index in [0.717, 1.165) is 9.87 Å². The lowest BCUT2D eigenvalue weighted by Crippen LogP contribution is -2.39. The van der Waals surface area contributed by atoms with Gasteiger partial charge < -0.3 is 14.6 Å². The monoisotopic (exact) mass is 483 g/mol. The second kappa shape index (κ2) is 10.7. The molecule has 0 saturated carbocycles. The van der Waals surface area contributed by atoms with E-state index in [4.69, 9.17) is 9.47 Å². The van der Waals surface area contributed by atoms with Crippen molar-refractivity contribution in [1.82, 2.24) is 5.43 Å². The zero-order valence-corrected chi connectivity index (χ0v) is 19.7. The fourth-order valence-corrected chi connectivity index (χ4v) is 4.50. The number of aromatic hydroxyl groups is 1. The first-order valence-electron chi connectivity index (χ1n) is 10.2. The number of hydrazone groups is 1. The number of aryl methyl sites for hydroxylation is 1. The lowest BCUT2D eigenvalue weighted by atomic mass is 10.2. The first-order chi connectivity index (χ1) is 16.3. The van der Waals surface area contributed by atoms with Crippen molar-refractivity contribution in [1.29, 1.82) is 0 Å². The molecule has 0 aliphatic carbocycles. The second-order valence-corrected chi connectivity index (χ2v) is 9.08. The van der Waals surface area contributed by atoms with Gasteiger partial charge in [0, 0.05) is 11.6 Å². The number of anilines is 1. The third kappa shape index (κ3) is 5.65. The quantitative estimate of drug-likeness (QED) is 0.357. The Morgan fingerprint density at radius 2 is 1.76 bits per heavy atom. The third-order valence-corrected chi connectivity index (χ3v) is 6.66. The van der Waals surface area contributed by atoms with Gasteiger partial charge in [0.25, 0.3) is 15.9 Å². The number of amides is 1. The number of carbonyl (C=O) groups is 1. The molecule has 0 aliphatic rings. The molecule has 3 rings (SSSR count). The minimum atomic E-state index is -4.14. The van der Waals surface area contributed by atoms with Crippen LogP contribution in [0.1, 0.15) is 11.1 Å². The Morgan fingerprint density at radius 3 is 2.41 bits per heavy atom. The predicted molar refractivity (Wildman–Crippen MR) is 129 cm³/mol. The van der Waals surface area contributed by atoms with Gasteiger partial charge in [0.1, 0.15) is 23.8 Å². The van der Waals surface area contributed by atoms with Crippen molar-refractivity contribution in [3.8, 4) is 17.2 Å². The summed E-state index contributed by atoms with van der Waals surface area (Å²) in [4.78, 5) is 12.7. The van der Waals surface area contributed by atoms with E-state index in [0.29, 0.717) is 11.3 Å². The summed E-state index contributed by atoms with van der Waals surface area (Å²) in [6.45, 7) is 1.27. The Balaban J connectivity index is 1.94. The maximum atomic E-state index is 13.5. The number of ether oxygens (including phenoxy) is 2. The Bertz CT molecular complexity index is 1290. The number of nitrogens with one attached hydrogen (secondary N) is 1. The first kappa shape index (κ1) is 24.6. The number of methoxy groups -OCH3 is 2. The van der Waals surface area contributed by atoms with Gasteiger partial charge in [-0.05, 0) is 43.3 Å². The van der Waals surface area contributed by atoms with E-state index in [1.54, 1.807) is 36.4 Å². The van der Waals surface area contributed by atoms with Crippen LogP contribution in [0.4, 0.5) is 5.69 Å². The van der Waals surface area contributed by atoms with Crippen LogP contribution >= 0.6 is 0 Å². The topological polar surface area (TPSA) is 118 Å². The largest absolute Gasteiger partial charge is 0.507 e. The van der Waals surface area contributed by atoms with Crippen LogP contribution in [0.2, 0.25) is 0 Å². The van der Waals surface area contributed by atoms with Crippen LogP contribution in [0.15, 0.2) is 76.7 Å². The van der Waals surface area contributed by atoms with Crippen LogP contribution in [0, 0.1) is 6.92 Å². The van der Waals surface area contributed by atoms with Crippen LogP contribution in [-0.2, 0) is 14.8 Å². The molecule has 0 spiro atoms. The van der Waals surface area contributed by atoms with Crippen molar-refractivity contribution in [3.05, 3.63) is 77.9 Å². The number of hydrogen-bond donors (Lipinski definition) is 2. The van der Waals surface area contributed by atoms with Crippen LogP contribution in [-0.4, -0.2) is 46.4 Å². The maximum absolute atomic E-state index is 13.5. The molecule has 0 atom stereocenters. The standard InChI is InChI=1S/C24H25N3O6S/c1-17-8-11-20(12-9-17)34(30,31)27(21-13-10-19(32-2)14-23(21)33-3)16-24(29)26-25-15-18-6-4-5-7-22(18)28/h4-15,28H,16H2,1-3H3,(H,26,29)/b25-15-. The van der Waals surface area contributed by atoms with Crippen LogP contribution in [0.3, 0.4) is 0 Å². The van der Waals surface area contributed by atoms with Gasteiger partial charge in [-0.2, -0.15) is 5.10 Å².